The van der Waals surface area contributed by atoms with Gasteiger partial charge in [-0.15, -0.1) is 11.3 Å². The van der Waals surface area contributed by atoms with Crippen molar-refractivity contribution < 1.29 is 8.42 Å². The summed E-state index contributed by atoms with van der Waals surface area (Å²) in [5.74, 6) is 0.436. The molecule has 1 N–H and O–H groups in total. The summed E-state index contributed by atoms with van der Waals surface area (Å²) in [4.78, 5) is 1.29. The smallest absolute Gasteiger partial charge is 0.151 e. The zero-order valence-electron chi connectivity index (χ0n) is 11.3. The van der Waals surface area contributed by atoms with Crippen molar-refractivity contribution in [3.63, 3.8) is 0 Å². The fourth-order valence-electron chi connectivity index (χ4n) is 1.98. The number of hydrogen-bond donors (Lipinski definition) is 1. The highest BCUT2D eigenvalue weighted by Gasteiger charge is 2.18. The van der Waals surface area contributed by atoms with Crippen molar-refractivity contribution in [2.75, 3.05) is 11.5 Å². The average Bonchev–Trinajstić information content (AvgIpc) is 2.81. The van der Waals surface area contributed by atoms with Gasteiger partial charge in [0.1, 0.15) is 0 Å². The minimum absolute atomic E-state index is 0.00593. The third-order valence-electron chi connectivity index (χ3n) is 2.89. The minimum Gasteiger partial charge on any atom is -0.306 e. The molecule has 1 aromatic rings. The molecule has 0 fully saturated rings. The van der Waals surface area contributed by atoms with E-state index in [9.17, 15) is 8.42 Å². The van der Waals surface area contributed by atoms with E-state index in [0.29, 0.717) is 0 Å². The SMILES string of the molecule is CCCC(NC(C)CS(=O)(=O)CC)c1cccs1. The zero-order valence-corrected chi connectivity index (χ0v) is 13.0. The van der Waals surface area contributed by atoms with Gasteiger partial charge in [-0.3, -0.25) is 0 Å². The predicted octanol–water partition coefficient (Wildman–Crippen LogP) is 3.00. The van der Waals surface area contributed by atoms with E-state index < -0.39 is 9.84 Å². The van der Waals surface area contributed by atoms with Gasteiger partial charge >= 0.3 is 0 Å². The van der Waals surface area contributed by atoms with Crippen LogP contribution in [0.1, 0.15) is 44.5 Å². The van der Waals surface area contributed by atoms with Crippen LogP contribution in [0.4, 0.5) is 0 Å². The fourth-order valence-corrected chi connectivity index (χ4v) is 3.89. The average molecular weight is 289 g/mol. The lowest BCUT2D eigenvalue weighted by atomic mass is 10.1. The van der Waals surface area contributed by atoms with E-state index in [-0.39, 0.29) is 23.6 Å². The molecule has 0 radical (unpaired) electrons. The first-order valence-corrected chi connectivity index (χ1v) is 9.18. The van der Waals surface area contributed by atoms with Crippen LogP contribution in [0, 0.1) is 0 Å². The van der Waals surface area contributed by atoms with Gasteiger partial charge in [0.25, 0.3) is 0 Å². The summed E-state index contributed by atoms with van der Waals surface area (Å²) in [6.45, 7) is 5.80. The van der Waals surface area contributed by atoms with Crippen molar-refractivity contribution in [3.05, 3.63) is 22.4 Å². The molecule has 0 spiro atoms. The maximum Gasteiger partial charge on any atom is 0.151 e. The molecule has 0 saturated heterocycles. The quantitative estimate of drug-likeness (QED) is 0.800. The lowest BCUT2D eigenvalue weighted by Crippen LogP contribution is -2.36. The van der Waals surface area contributed by atoms with Crippen LogP contribution in [0.15, 0.2) is 17.5 Å². The summed E-state index contributed by atoms with van der Waals surface area (Å²) < 4.78 is 23.2. The van der Waals surface area contributed by atoms with Gasteiger partial charge in [-0.1, -0.05) is 26.3 Å². The van der Waals surface area contributed by atoms with Crippen molar-refractivity contribution in [2.24, 2.45) is 0 Å². The Morgan fingerprint density at radius 3 is 2.61 bits per heavy atom. The normalized spacial score (nSPS) is 15.5. The molecule has 104 valence electrons. The van der Waals surface area contributed by atoms with Crippen LogP contribution >= 0.6 is 11.3 Å². The Balaban J connectivity index is 2.62. The molecule has 1 aromatic heterocycles. The molecule has 2 atom stereocenters. The van der Waals surface area contributed by atoms with E-state index in [1.54, 1.807) is 18.3 Å². The van der Waals surface area contributed by atoms with Gasteiger partial charge in [0, 0.05) is 22.7 Å². The van der Waals surface area contributed by atoms with Crippen molar-refractivity contribution in [1.29, 1.82) is 0 Å². The van der Waals surface area contributed by atoms with Gasteiger partial charge in [0.15, 0.2) is 9.84 Å². The van der Waals surface area contributed by atoms with Crippen molar-refractivity contribution >= 4 is 21.2 Å². The number of rotatable bonds is 8. The summed E-state index contributed by atoms with van der Waals surface area (Å²) in [5.41, 5.74) is 0. The maximum atomic E-state index is 11.6. The lowest BCUT2D eigenvalue weighted by molar-refractivity contribution is 0.452. The summed E-state index contributed by atoms with van der Waals surface area (Å²) in [5, 5.41) is 5.50. The van der Waals surface area contributed by atoms with Gasteiger partial charge in [-0.05, 0) is 24.8 Å². The summed E-state index contributed by atoms with van der Waals surface area (Å²) >= 11 is 1.72. The van der Waals surface area contributed by atoms with E-state index in [1.807, 2.05) is 13.0 Å². The van der Waals surface area contributed by atoms with E-state index in [0.717, 1.165) is 12.8 Å². The molecule has 0 bridgehead atoms. The summed E-state index contributed by atoms with van der Waals surface area (Å²) in [6.07, 6.45) is 2.12. The zero-order chi connectivity index (χ0) is 13.6. The molecular formula is C13H23NO2S2. The van der Waals surface area contributed by atoms with Crippen LogP contribution in [-0.4, -0.2) is 26.0 Å². The molecule has 0 aliphatic rings. The predicted molar refractivity (Wildman–Crippen MR) is 78.9 cm³/mol. The Bertz CT molecular complexity index is 426. The van der Waals surface area contributed by atoms with Gasteiger partial charge in [0.05, 0.1) is 5.75 Å². The molecule has 2 unspecified atom stereocenters. The third kappa shape index (κ3) is 5.08. The Morgan fingerprint density at radius 2 is 2.11 bits per heavy atom. The van der Waals surface area contributed by atoms with Gasteiger partial charge in [0.2, 0.25) is 0 Å². The highest BCUT2D eigenvalue weighted by atomic mass is 32.2. The van der Waals surface area contributed by atoms with Crippen LogP contribution in [-0.2, 0) is 9.84 Å². The molecule has 1 rings (SSSR count). The molecule has 1 heterocycles. The van der Waals surface area contributed by atoms with Gasteiger partial charge in [-0.25, -0.2) is 8.42 Å². The second kappa shape index (κ2) is 7.26. The molecule has 3 nitrogen and oxygen atoms in total. The molecule has 5 heteroatoms. The molecule has 0 aliphatic carbocycles. The number of hydrogen-bond acceptors (Lipinski definition) is 4. The van der Waals surface area contributed by atoms with Crippen molar-refractivity contribution in [3.8, 4) is 0 Å². The minimum atomic E-state index is -2.91. The number of thiophene rings is 1. The van der Waals surface area contributed by atoms with Crippen LogP contribution in [0.5, 0.6) is 0 Å². The van der Waals surface area contributed by atoms with Crippen LogP contribution < -0.4 is 5.32 Å². The Hall–Kier alpha value is -0.390. The monoisotopic (exact) mass is 289 g/mol. The molecule has 0 aromatic carbocycles. The van der Waals surface area contributed by atoms with Crippen LogP contribution in [0.2, 0.25) is 0 Å². The topological polar surface area (TPSA) is 46.2 Å². The fraction of sp³-hybridized carbons (Fsp3) is 0.692. The molecule has 18 heavy (non-hydrogen) atoms. The molecule has 0 saturated carbocycles. The first-order valence-electron chi connectivity index (χ1n) is 6.48. The summed E-state index contributed by atoms with van der Waals surface area (Å²) in [7, 11) is -2.91. The first kappa shape index (κ1) is 15.7. The van der Waals surface area contributed by atoms with E-state index >= 15 is 0 Å². The number of nitrogens with one attached hydrogen (secondary N) is 1. The molecule has 0 amide bonds. The van der Waals surface area contributed by atoms with Crippen molar-refractivity contribution in [2.45, 2.75) is 45.7 Å². The molecular weight excluding hydrogens is 266 g/mol. The second-order valence-corrected chi connectivity index (χ2v) is 8.00. The standard InChI is InChI=1S/C13H23NO2S2/c1-4-7-12(13-8-6-9-17-13)14-11(3)10-18(15,16)5-2/h6,8-9,11-12,14H,4-5,7,10H2,1-3H3. The Labute approximate surface area is 115 Å². The Morgan fingerprint density at radius 1 is 1.39 bits per heavy atom. The van der Waals surface area contributed by atoms with Crippen LogP contribution in [0.25, 0.3) is 0 Å². The van der Waals surface area contributed by atoms with Crippen LogP contribution in [0.3, 0.4) is 0 Å². The third-order valence-corrected chi connectivity index (χ3v) is 5.77. The maximum absolute atomic E-state index is 11.6. The van der Waals surface area contributed by atoms with Gasteiger partial charge in [-0.2, -0.15) is 0 Å². The van der Waals surface area contributed by atoms with E-state index in [1.165, 1.54) is 4.88 Å². The largest absolute Gasteiger partial charge is 0.306 e. The number of sulfone groups is 1. The highest BCUT2D eigenvalue weighted by molar-refractivity contribution is 7.91. The van der Waals surface area contributed by atoms with Gasteiger partial charge < -0.3 is 5.32 Å². The molecule has 0 aliphatic heterocycles. The highest BCUT2D eigenvalue weighted by Crippen LogP contribution is 2.23. The van der Waals surface area contributed by atoms with E-state index in [4.69, 9.17) is 0 Å². The first-order chi connectivity index (χ1) is 8.48. The second-order valence-electron chi connectivity index (χ2n) is 4.62. The summed E-state index contributed by atoms with van der Waals surface area (Å²) in [6, 6.07) is 4.42. The van der Waals surface area contributed by atoms with E-state index in [2.05, 4.69) is 23.7 Å². The van der Waals surface area contributed by atoms with Crippen molar-refractivity contribution in [1.82, 2.24) is 5.32 Å². The Kier molecular flexibility index (Phi) is 6.32. The lowest BCUT2D eigenvalue weighted by Gasteiger charge is -2.22.